The number of amides is 1. The van der Waals surface area contributed by atoms with Crippen molar-refractivity contribution >= 4 is 22.6 Å². The van der Waals surface area contributed by atoms with Crippen molar-refractivity contribution in [3.05, 3.63) is 98.9 Å². The molecule has 0 saturated carbocycles. The Morgan fingerprint density at radius 3 is 2.48 bits per heavy atom. The molecule has 40 heavy (non-hydrogen) atoms. The fraction of sp³-hybridized carbons (Fsp3) is 0.290. The number of benzene rings is 3. The van der Waals surface area contributed by atoms with Gasteiger partial charge in [0.2, 0.25) is 5.76 Å². The van der Waals surface area contributed by atoms with Gasteiger partial charge in [-0.2, -0.15) is 13.2 Å². The number of nitrogens with zero attached hydrogens (tertiary/aromatic N) is 1. The quantitative estimate of drug-likeness (QED) is 0.213. The van der Waals surface area contributed by atoms with Crippen LogP contribution >= 0.6 is 0 Å². The summed E-state index contributed by atoms with van der Waals surface area (Å²) in [4.78, 5) is 28.9. The number of alkyl halides is 3. The van der Waals surface area contributed by atoms with E-state index in [1.807, 2.05) is 20.8 Å². The number of fused-ring (bicyclic) bond motifs is 2. The summed E-state index contributed by atoms with van der Waals surface area (Å²) in [5.74, 6) is -0.0115. The summed E-state index contributed by atoms with van der Waals surface area (Å²) in [5.41, 5.74) is 0.218. The van der Waals surface area contributed by atoms with Crippen LogP contribution < -0.4 is 19.8 Å². The van der Waals surface area contributed by atoms with Gasteiger partial charge in [-0.05, 0) is 68.3 Å². The van der Waals surface area contributed by atoms with Crippen LogP contribution in [0, 0.1) is 6.92 Å². The van der Waals surface area contributed by atoms with Crippen LogP contribution in [-0.4, -0.2) is 19.1 Å². The minimum absolute atomic E-state index is 0.0166. The minimum Gasteiger partial charge on any atom is -0.490 e. The fourth-order valence-electron chi connectivity index (χ4n) is 4.91. The van der Waals surface area contributed by atoms with E-state index in [1.54, 1.807) is 36.4 Å². The molecule has 0 aliphatic carbocycles. The maximum Gasteiger partial charge on any atom is 0.416 e. The fourth-order valence-corrected chi connectivity index (χ4v) is 4.91. The van der Waals surface area contributed by atoms with Crippen LogP contribution in [0.25, 0.3) is 11.0 Å². The third-order valence-electron chi connectivity index (χ3n) is 6.82. The lowest BCUT2D eigenvalue weighted by Crippen LogP contribution is -2.29. The van der Waals surface area contributed by atoms with Gasteiger partial charge in [0, 0.05) is 5.69 Å². The molecule has 1 atom stereocenters. The first-order chi connectivity index (χ1) is 19.1. The number of halogens is 3. The van der Waals surface area contributed by atoms with Gasteiger partial charge in [0.1, 0.15) is 5.58 Å². The largest absolute Gasteiger partial charge is 0.490 e. The van der Waals surface area contributed by atoms with Gasteiger partial charge in [0.15, 0.2) is 16.9 Å². The van der Waals surface area contributed by atoms with Crippen molar-refractivity contribution in [2.45, 2.75) is 45.8 Å². The maximum absolute atomic E-state index is 13.9. The molecule has 6 nitrogen and oxygen atoms in total. The summed E-state index contributed by atoms with van der Waals surface area (Å²) < 4.78 is 58.6. The number of carbonyl (C=O) groups excluding carboxylic acids is 1. The lowest BCUT2D eigenvalue weighted by molar-refractivity contribution is -0.137. The van der Waals surface area contributed by atoms with Crippen molar-refractivity contribution in [3.8, 4) is 11.5 Å². The summed E-state index contributed by atoms with van der Waals surface area (Å²) in [5, 5.41) is 0.284. The van der Waals surface area contributed by atoms with Crippen LogP contribution in [0.1, 0.15) is 65.5 Å². The molecule has 208 valence electrons. The molecule has 0 radical (unpaired) electrons. The van der Waals surface area contributed by atoms with E-state index < -0.39 is 29.1 Å². The monoisotopic (exact) mass is 551 g/mol. The molecule has 1 aliphatic heterocycles. The molecule has 5 rings (SSSR count). The normalized spacial score (nSPS) is 15.0. The second-order valence-electron chi connectivity index (χ2n) is 9.64. The molecule has 1 amide bonds. The molecular formula is C31H28F3NO5. The number of ether oxygens (including phenoxy) is 2. The first kappa shape index (κ1) is 27.3. The number of carbonyl (C=O) groups is 1. The Morgan fingerprint density at radius 1 is 0.950 bits per heavy atom. The molecule has 0 saturated heterocycles. The summed E-state index contributed by atoms with van der Waals surface area (Å²) in [6.45, 7) is 6.50. The summed E-state index contributed by atoms with van der Waals surface area (Å²) in [6.07, 6.45) is -2.84. The van der Waals surface area contributed by atoms with Gasteiger partial charge in [-0.15, -0.1) is 0 Å². The Kier molecular flexibility index (Phi) is 7.31. The predicted octanol–water partition coefficient (Wildman–Crippen LogP) is 7.45. The molecule has 3 aromatic carbocycles. The average molecular weight is 552 g/mol. The van der Waals surface area contributed by atoms with Gasteiger partial charge in [0.05, 0.1) is 35.8 Å². The Labute approximate surface area is 228 Å². The zero-order valence-corrected chi connectivity index (χ0v) is 22.3. The maximum atomic E-state index is 13.9. The smallest absolute Gasteiger partial charge is 0.416 e. The number of aryl methyl sites for hydroxylation is 1. The van der Waals surface area contributed by atoms with Crippen molar-refractivity contribution < 1.29 is 31.9 Å². The van der Waals surface area contributed by atoms with Crippen LogP contribution in [0.15, 0.2) is 69.9 Å². The first-order valence-corrected chi connectivity index (χ1v) is 13.1. The zero-order chi connectivity index (χ0) is 28.6. The van der Waals surface area contributed by atoms with Crippen LogP contribution in [-0.2, 0) is 6.18 Å². The summed E-state index contributed by atoms with van der Waals surface area (Å²) >= 11 is 0. The number of unbranched alkanes of at least 4 members (excludes halogenated alkanes) is 1. The molecule has 0 fully saturated rings. The number of hydrogen-bond donors (Lipinski definition) is 0. The average Bonchev–Trinajstić information content (AvgIpc) is 3.22. The minimum atomic E-state index is -4.62. The Balaban J connectivity index is 1.73. The summed E-state index contributed by atoms with van der Waals surface area (Å²) in [7, 11) is 0. The standard InChI is InChI=1S/C31H28F3NO5/c1-4-6-14-39-24-13-11-19(16-25(24)38-5-2)27-26-28(36)22-15-18(3)10-12-23(22)40-29(26)30(37)35(27)21-9-7-8-20(17-21)31(32,33)34/h7-13,15-17,27H,4-6,14H2,1-3H3. The molecule has 1 aromatic heterocycles. The molecule has 2 heterocycles. The van der Waals surface area contributed by atoms with E-state index in [2.05, 4.69) is 0 Å². The SMILES string of the molecule is CCCCOc1ccc(C2c3c(oc4ccc(C)cc4c3=O)C(=O)N2c2cccc(C(F)(F)F)c2)cc1OCC. The molecule has 1 unspecified atom stereocenters. The number of anilines is 1. The summed E-state index contributed by atoms with van der Waals surface area (Å²) in [6, 6.07) is 13.5. The second-order valence-corrected chi connectivity index (χ2v) is 9.64. The van der Waals surface area contributed by atoms with Crippen LogP contribution in [0.3, 0.4) is 0 Å². The van der Waals surface area contributed by atoms with Crippen LogP contribution in [0.5, 0.6) is 11.5 Å². The highest BCUT2D eigenvalue weighted by Crippen LogP contribution is 2.44. The Hall–Kier alpha value is -4.27. The van der Waals surface area contributed by atoms with Crippen molar-refractivity contribution in [3.63, 3.8) is 0 Å². The van der Waals surface area contributed by atoms with E-state index in [9.17, 15) is 22.8 Å². The predicted molar refractivity (Wildman–Crippen MR) is 145 cm³/mol. The molecule has 0 bridgehead atoms. The first-order valence-electron chi connectivity index (χ1n) is 13.1. The highest BCUT2D eigenvalue weighted by Gasteiger charge is 2.44. The van der Waals surface area contributed by atoms with Crippen molar-refractivity contribution in [2.24, 2.45) is 0 Å². The lowest BCUT2D eigenvalue weighted by Gasteiger charge is -2.26. The molecule has 0 N–H and O–H groups in total. The van der Waals surface area contributed by atoms with Gasteiger partial charge in [-0.3, -0.25) is 14.5 Å². The van der Waals surface area contributed by atoms with E-state index in [4.69, 9.17) is 13.9 Å². The van der Waals surface area contributed by atoms with Gasteiger partial charge in [0.25, 0.3) is 5.91 Å². The highest BCUT2D eigenvalue weighted by molar-refractivity contribution is 6.10. The second kappa shape index (κ2) is 10.7. The molecule has 9 heteroatoms. The number of rotatable bonds is 8. The zero-order valence-electron chi connectivity index (χ0n) is 22.3. The van der Waals surface area contributed by atoms with E-state index in [-0.39, 0.29) is 28.0 Å². The molecule has 1 aliphatic rings. The van der Waals surface area contributed by atoms with Crippen molar-refractivity contribution in [2.75, 3.05) is 18.1 Å². The van der Waals surface area contributed by atoms with Gasteiger partial charge in [-0.1, -0.05) is 37.1 Å². The van der Waals surface area contributed by atoms with E-state index in [0.717, 1.165) is 30.5 Å². The van der Waals surface area contributed by atoms with Gasteiger partial charge >= 0.3 is 6.18 Å². The lowest BCUT2D eigenvalue weighted by atomic mass is 9.97. The van der Waals surface area contributed by atoms with Gasteiger partial charge < -0.3 is 13.9 Å². The van der Waals surface area contributed by atoms with Gasteiger partial charge in [-0.25, -0.2) is 0 Å². The topological polar surface area (TPSA) is 69.0 Å². The highest BCUT2D eigenvalue weighted by atomic mass is 19.4. The Bertz CT molecular complexity index is 1640. The molecular weight excluding hydrogens is 523 g/mol. The van der Waals surface area contributed by atoms with Crippen molar-refractivity contribution in [1.82, 2.24) is 0 Å². The third-order valence-corrected chi connectivity index (χ3v) is 6.82. The molecule has 4 aromatic rings. The molecule has 0 spiro atoms. The van der Waals surface area contributed by atoms with Crippen molar-refractivity contribution in [1.29, 1.82) is 0 Å². The van der Waals surface area contributed by atoms with Crippen LogP contribution in [0.4, 0.5) is 18.9 Å². The van der Waals surface area contributed by atoms with E-state index in [1.165, 1.54) is 17.0 Å². The Morgan fingerprint density at radius 2 is 1.75 bits per heavy atom. The number of hydrogen-bond acceptors (Lipinski definition) is 5. The van der Waals surface area contributed by atoms with E-state index >= 15 is 0 Å². The van der Waals surface area contributed by atoms with E-state index in [0.29, 0.717) is 30.3 Å². The third kappa shape index (κ3) is 4.92. The van der Waals surface area contributed by atoms with Crippen LogP contribution in [0.2, 0.25) is 0 Å².